The monoisotopic (exact) mass is 411 g/mol. The van der Waals surface area contributed by atoms with Crippen LogP contribution in [0.25, 0.3) is 0 Å². The van der Waals surface area contributed by atoms with Gasteiger partial charge in [0.15, 0.2) is 11.6 Å². The van der Waals surface area contributed by atoms with Crippen LogP contribution in [-0.2, 0) is 16.2 Å². The Bertz CT molecular complexity index is 887. The minimum absolute atomic E-state index is 0.0517. The maximum atomic E-state index is 13.4. The molecule has 10 heteroatoms. The number of benzene rings is 2. The number of hydrogen-bond donors (Lipinski definition) is 0. The number of alkyl halides is 3. The molecule has 0 unspecified atom stereocenters. The van der Waals surface area contributed by atoms with Crippen molar-refractivity contribution in [1.29, 1.82) is 0 Å². The molecule has 0 heterocycles. The molecule has 26 heavy (non-hydrogen) atoms. The zero-order valence-electron chi connectivity index (χ0n) is 13.4. The summed E-state index contributed by atoms with van der Waals surface area (Å²) in [6.07, 6.45) is -4.78. The summed E-state index contributed by atoms with van der Waals surface area (Å²) in [6.45, 7) is -0.378. The van der Waals surface area contributed by atoms with Crippen LogP contribution in [0.1, 0.15) is 5.56 Å². The Morgan fingerprint density at radius 1 is 1.15 bits per heavy atom. The lowest BCUT2D eigenvalue weighted by Crippen LogP contribution is -2.31. The summed E-state index contributed by atoms with van der Waals surface area (Å²) in [5.41, 5.74) is -1.24. The first-order valence-electron chi connectivity index (χ1n) is 7.24. The molecule has 0 radical (unpaired) electrons. The van der Waals surface area contributed by atoms with E-state index in [0.717, 1.165) is 16.4 Å². The molecule has 2 aromatic rings. The van der Waals surface area contributed by atoms with Crippen LogP contribution in [0.15, 0.2) is 47.4 Å². The number of likely N-dealkylation sites (N-methyl/N-ethyl adjacent to an activating group) is 1. The molecule has 4 nitrogen and oxygen atoms in total. The van der Waals surface area contributed by atoms with Gasteiger partial charge >= 0.3 is 6.18 Å². The van der Waals surface area contributed by atoms with Crippen molar-refractivity contribution in [2.45, 2.75) is 11.1 Å². The predicted octanol–water partition coefficient (Wildman–Crippen LogP) is 4.20. The molecule has 0 saturated carbocycles. The smallest absolute Gasteiger partial charge is 0.417 e. The van der Waals surface area contributed by atoms with E-state index in [1.54, 1.807) is 6.07 Å². The molecule has 0 N–H and O–H groups in total. The molecule has 142 valence electrons. The Morgan fingerprint density at radius 3 is 2.42 bits per heavy atom. The molecule has 0 aromatic heterocycles. The topological polar surface area (TPSA) is 46.6 Å². The van der Waals surface area contributed by atoms with Crippen LogP contribution in [0.2, 0.25) is 5.02 Å². The second-order valence-corrected chi connectivity index (χ2v) is 7.70. The average molecular weight is 412 g/mol. The molecule has 2 rings (SSSR count). The van der Waals surface area contributed by atoms with E-state index < -0.39 is 37.5 Å². The van der Waals surface area contributed by atoms with Gasteiger partial charge in [-0.25, -0.2) is 12.8 Å². The zero-order chi connectivity index (χ0) is 19.5. The fourth-order valence-electron chi connectivity index (χ4n) is 2.03. The Hall–Kier alpha value is -1.84. The molecule has 0 amide bonds. The van der Waals surface area contributed by atoms with E-state index in [9.17, 15) is 26.0 Å². The van der Waals surface area contributed by atoms with Gasteiger partial charge in [-0.05, 0) is 30.3 Å². The SMILES string of the molecule is CN(CCOc1ccccc1F)S(=O)(=O)c1ccc(Cl)c(C(F)(F)F)c1. The first-order chi connectivity index (χ1) is 12.0. The van der Waals surface area contributed by atoms with Crippen LogP contribution in [0.3, 0.4) is 0 Å². The van der Waals surface area contributed by atoms with Crippen molar-refractivity contribution in [1.82, 2.24) is 4.31 Å². The van der Waals surface area contributed by atoms with Gasteiger partial charge in [-0.15, -0.1) is 0 Å². The second-order valence-electron chi connectivity index (χ2n) is 5.24. The molecular formula is C16H14ClF4NO3S. The van der Waals surface area contributed by atoms with Crippen molar-refractivity contribution in [2.24, 2.45) is 0 Å². The van der Waals surface area contributed by atoms with Crippen molar-refractivity contribution >= 4 is 21.6 Å². The number of rotatable bonds is 6. The number of nitrogens with zero attached hydrogens (tertiary/aromatic N) is 1. The second kappa shape index (κ2) is 7.81. The number of halogens is 5. The first-order valence-corrected chi connectivity index (χ1v) is 9.05. The van der Waals surface area contributed by atoms with Crippen molar-refractivity contribution < 1.29 is 30.7 Å². The molecule has 0 aliphatic heterocycles. The molecule has 2 aromatic carbocycles. The van der Waals surface area contributed by atoms with Crippen molar-refractivity contribution in [3.63, 3.8) is 0 Å². The molecule has 0 saturated heterocycles. The maximum absolute atomic E-state index is 13.4. The van der Waals surface area contributed by atoms with Crippen LogP contribution in [0, 0.1) is 5.82 Å². The molecule has 0 bridgehead atoms. The standard InChI is InChI=1S/C16H14ClF4NO3S/c1-22(8-9-25-15-5-3-2-4-14(15)18)26(23,24)11-6-7-13(17)12(10-11)16(19,20)21/h2-7,10H,8-9H2,1H3. The van der Waals surface area contributed by atoms with Crippen molar-refractivity contribution in [2.75, 3.05) is 20.2 Å². The number of ether oxygens (including phenoxy) is 1. The predicted molar refractivity (Wildman–Crippen MR) is 88.2 cm³/mol. The normalized spacial score (nSPS) is 12.4. The highest BCUT2D eigenvalue weighted by molar-refractivity contribution is 7.89. The lowest BCUT2D eigenvalue weighted by molar-refractivity contribution is -0.137. The molecule has 0 fully saturated rings. The van der Waals surface area contributed by atoms with E-state index in [4.69, 9.17) is 16.3 Å². The minimum atomic E-state index is -4.78. The van der Waals surface area contributed by atoms with Crippen molar-refractivity contribution in [3.05, 3.63) is 58.9 Å². The van der Waals surface area contributed by atoms with E-state index in [-0.39, 0.29) is 18.9 Å². The average Bonchev–Trinajstić information content (AvgIpc) is 2.55. The van der Waals surface area contributed by atoms with Gasteiger partial charge < -0.3 is 4.74 Å². The van der Waals surface area contributed by atoms with E-state index in [2.05, 4.69) is 0 Å². The largest absolute Gasteiger partial charge is 0.489 e. The number of sulfonamides is 1. The maximum Gasteiger partial charge on any atom is 0.417 e. The third-order valence-corrected chi connectivity index (χ3v) is 5.63. The summed E-state index contributed by atoms with van der Waals surface area (Å²) in [5, 5.41) is -0.595. The Labute approximate surface area is 153 Å². The van der Waals surface area contributed by atoms with E-state index in [0.29, 0.717) is 6.07 Å². The summed E-state index contributed by atoms with van der Waals surface area (Å²) < 4.78 is 82.9. The fourth-order valence-corrected chi connectivity index (χ4v) is 3.43. The van der Waals surface area contributed by atoms with Crippen LogP contribution in [0.5, 0.6) is 5.75 Å². The highest BCUT2D eigenvalue weighted by Crippen LogP contribution is 2.36. The van der Waals surface area contributed by atoms with Gasteiger partial charge in [0.05, 0.1) is 15.5 Å². The van der Waals surface area contributed by atoms with E-state index >= 15 is 0 Å². The summed E-state index contributed by atoms with van der Waals surface area (Å²) in [6, 6.07) is 7.91. The van der Waals surface area contributed by atoms with Gasteiger partial charge in [-0.2, -0.15) is 17.5 Å². The molecule has 0 aliphatic carbocycles. The van der Waals surface area contributed by atoms with Crippen molar-refractivity contribution in [3.8, 4) is 5.75 Å². The van der Waals surface area contributed by atoms with Gasteiger partial charge in [0.2, 0.25) is 10.0 Å². The Kier molecular flexibility index (Phi) is 6.15. The van der Waals surface area contributed by atoms with Gasteiger partial charge in [-0.1, -0.05) is 23.7 Å². The zero-order valence-corrected chi connectivity index (χ0v) is 15.0. The third-order valence-electron chi connectivity index (χ3n) is 3.45. The van der Waals surface area contributed by atoms with Crippen LogP contribution < -0.4 is 4.74 Å². The lowest BCUT2D eigenvalue weighted by Gasteiger charge is -2.19. The molecule has 0 spiro atoms. The molecule has 0 aliphatic rings. The minimum Gasteiger partial charge on any atom is -0.489 e. The van der Waals surface area contributed by atoms with Crippen LogP contribution in [-0.4, -0.2) is 32.9 Å². The summed E-state index contributed by atoms with van der Waals surface area (Å²) in [5.74, 6) is -0.658. The van der Waals surface area contributed by atoms with Crippen LogP contribution >= 0.6 is 11.6 Å². The van der Waals surface area contributed by atoms with Gasteiger partial charge in [0, 0.05) is 13.6 Å². The van der Waals surface area contributed by atoms with Gasteiger partial charge in [-0.3, -0.25) is 0 Å². The quantitative estimate of drug-likeness (QED) is 0.669. The van der Waals surface area contributed by atoms with Gasteiger partial charge in [0.25, 0.3) is 0 Å². The van der Waals surface area contributed by atoms with E-state index in [1.807, 2.05) is 0 Å². The fraction of sp³-hybridized carbons (Fsp3) is 0.250. The summed E-state index contributed by atoms with van der Waals surface area (Å²) >= 11 is 5.49. The summed E-state index contributed by atoms with van der Waals surface area (Å²) in [4.78, 5) is -0.553. The van der Waals surface area contributed by atoms with Gasteiger partial charge in [0.1, 0.15) is 6.61 Å². The molecular weight excluding hydrogens is 398 g/mol. The summed E-state index contributed by atoms with van der Waals surface area (Å²) in [7, 11) is -3.02. The first kappa shape index (κ1) is 20.5. The molecule has 0 atom stereocenters. The highest BCUT2D eigenvalue weighted by atomic mass is 35.5. The number of para-hydroxylation sites is 1. The van der Waals surface area contributed by atoms with Crippen LogP contribution in [0.4, 0.5) is 17.6 Å². The highest BCUT2D eigenvalue weighted by Gasteiger charge is 2.35. The lowest BCUT2D eigenvalue weighted by atomic mass is 10.2. The number of hydrogen-bond acceptors (Lipinski definition) is 3. The Morgan fingerprint density at radius 2 is 1.81 bits per heavy atom. The third kappa shape index (κ3) is 4.66. The Balaban J connectivity index is 2.13. The van der Waals surface area contributed by atoms with E-state index in [1.165, 1.54) is 25.2 Å².